The molecule has 0 heterocycles. The number of nitrogens with one attached hydrogen (secondary N) is 1. The van der Waals surface area contributed by atoms with Crippen LogP contribution in [0.2, 0.25) is 0 Å². The minimum atomic E-state index is -0.753. The number of rotatable bonds is 9. The largest absolute Gasteiger partial charge is 0.494 e. The number of hydrogen-bond acceptors (Lipinski definition) is 7. The molecule has 10 heteroatoms. The van der Waals surface area contributed by atoms with Gasteiger partial charge in [-0.2, -0.15) is 0 Å². The van der Waals surface area contributed by atoms with Gasteiger partial charge in [0.05, 0.1) is 17.6 Å². The molecule has 0 saturated heterocycles. The SMILES string of the molecule is CCOc1ccc(NC(=O)COC(=O)COc2cccc(Br)c2)c([N+](=O)[O-])c1. The summed E-state index contributed by atoms with van der Waals surface area (Å²) in [6, 6.07) is 10.9. The van der Waals surface area contributed by atoms with Crippen LogP contribution in [-0.4, -0.2) is 36.6 Å². The van der Waals surface area contributed by atoms with E-state index in [2.05, 4.69) is 21.2 Å². The van der Waals surface area contributed by atoms with E-state index in [0.29, 0.717) is 18.1 Å². The molecule has 0 aliphatic rings. The second kappa shape index (κ2) is 10.3. The summed E-state index contributed by atoms with van der Waals surface area (Å²) in [5, 5.41) is 13.5. The maximum Gasteiger partial charge on any atom is 0.344 e. The van der Waals surface area contributed by atoms with Crippen molar-refractivity contribution >= 4 is 39.2 Å². The molecule has 0 aromatic heterocycles. The highest BCUT2D eigenvalue weighted by atomic mass is 79.9. The third-order valence-electron chi connectivity index (χ3n) is 3.27. The number of nitro groups is 1. The highest BCUT2D eigenvalue weighted by molar-refractivity contribution is 9.10. The smallest absolute Gasteiger partial charge is 0.344 e. The van der Waals surface area contributed by atoms with Gasteiger partial charge >= 0.3 is 5.97 Å². The summed E-state index contributed by atoms with van der Waals surface area (Å²) in [5.74, 6) is -0.705. The molecule has 0 spiro atoms. The van der Waals surface area contributed by atoms with Crippen LogP contribution in [0.1, 0.15) is 6.92 Å². The summed E-state index contributed by atoms with van der Waals surface area (Å²) in [6.45, 7) is 1.11. The summed E-state index contributed by atoms with van der Waals surface area (Å²) in [5.41, 5.74) is -0.358. The Hall–Kier alpha value is -3.14. The van der Waals surface area contributed by atoms with E-state index < -0.39 is 23.4 Å². The molecule has 28 heavy (non-hydrogen) atoms. The number of amides is 1. The number of ether oxygens (including phenoxy) is 3. The molecular formula is C18H17BrN2O7. The molecule has 1 amide bonds. The lowest BCUT2D eigenvalue weighted by molar-refractivity contribution is -0.384. The Kier molecular flexibility index (Phi) is 7.76. The number of halogens is 1. The van der Waals surface area contributed by atoms with Crippen LogP contribution in [-0.2, 0) is 14.3 Å². The summed E-state index contributed by atoms with van der Waals surface area (Å²) in [6.07, 6.45) is 0. The predicted molar refractivity (Wildman–Crippen MR) is 103 cm³/mol. The molecule has 2 rings (SSSR count). The molecule has 0 saturated carbocycles. The second-order valence-corrected chi connectivity index (χ2v) is 6.24. The van der Waals surface area contributed by atoms with Crippen molar-refractivity contribution in [3.63, 3.8) is 0 Å². The van der Waals surface area contributed by atoms with Gasteiger partial charge in [0.1, 0.15) is 17.2 Å². The Balaban J connectivity index is 1.86. The van der Waals surface area contributed by atoms with Crippen LogP contribution in [0.3, 0.4) is 0 Å². The van der Waals surface area contributed by atoms with Gasteiger partial charge in [-0.1, -0.05) is 22.0 Å². The molecule has 2 aromatic rings. The van der Waals surface area contributed by atoms with Crippen LogP contribution in [0, 0.1) is 10.1 Å². The first kappa shape index (κ1) is 21.2. The van der Waals surface area contributed by atoms with Gasteiger partial charge in [0.15, 0.2) is 13.2 Å². The Labute approximate surface area is 168 Å². The minimum absolute atomic E-state index is 0.0279. The van der Waals surface area contributed by atoms with Gasteiger partial charge in [-0.15, -0.1) is 0 Å². The van der Waals surface area contributed by atoms with Crippen molar-refractivity contribution < 1.29 is 28.7 Å². The average Bonchev–Trinajstić information content (AvgIpc) is 2.66. The minimum Gasteiger partial charge on any atom is -0.494 e. The number of carbonyl (C=O) groups excluding carboxylic acids is 2. The number of nitro benzene ring substituents is 1. The fourth-order valence-corrected chi connectivity index (χ4v) is 2.48. The first-order chi connectivity index (χ1) is 13.4. The number of carbonyl (C=O) groups is 2. The Bertz CT molecular complexity index is 873. The van der Waals surface area contributed by atoms with Crippen LogP contribution in [0.4, 0.5) is 11.4 Å². The van der Waals surface area contributed by atoms with Crippen molar-refractivity contribution in [1.29, 1.82) is 0 Å². The Morgan fingerprint density at radius 2 is 1.86 bits per heavy atom. The molecule has 2 aromatic carbocycles. The summed E-state index contributed by atoms with van der Waals surface area (Å²) in [4.78, 5) is 34.1. The van der Waals surface area contributed by atoms with Gasteiger partial charge in [-0.3, -0.25) is 14.9 Å². The van der Waals surface area contributed by atoms with Crippen molar-refractivity contribution in [3.05, 3.63) is 57.1 Å². The molecule has 0 unspecified atom stereocenters. The lowest BCUT2D eigenvalue weighted by atomic mass is 10.2. The van der Waals surface area contributed by atoms with Gasteiger partial charge in [-0.25, -0.2) is 4.79 Å². The molecule has 0 radical (unpaired) electrons. The average molecular weight is 453 g/mol. The van der Waals surface area contributed by atoms with Crippen LogP contribution in [0.15, 0.2) is 46.9 Å². The highest BCUT2D eigenvalue weighted by Crippen LogP contribution is 2.29. The van der Waals surface area contributed by atoms with E-state index in [-0.39, 0.29) is 18.0 Å². The van der Waals surface area contributed by atoms with Gasteiger partial charge in [0.2, 0.25) is 0 Å². The van der Waals surface area contributed by atoms with E-state index in [1.54, 1.807) is 31.2 Å². The molecular weight excluding hydrogens is 436 g/mol. The molecule has 0 bridgehead atoms. The monoisotopic (exact) mass is 452 g/mol. The first-order valence-corrected chi connectivity index (χ1v) is 8.93. The van der Waals surface area contributed by atoms with Crippen molar-refractivity contribution in [2.24, 2.45) is 0 Å². The van der Waals surface area contributed by atoms with Crippen LogP contribution in [0.5, 0.6) is 11.5 Å². The zero-order chi connectivity index (χ0) is 20.5. The summed E-state index contributed by atoms with van der Waals surface area (Å²) >= 11 is 3.27. The maximum atomic E-state index is 11.9. The zero-order valence-corrected chi connectivity index (χ0v) is 16.4. The quantitative estimate of drug-likeness (QED) is 0.352. The topological polar surface area (TPSA) is 117 Å². The number of esters is 1. The molecule has 0 fully saturated rings. The summed E-state index contributed by atoms with van der Waals surface area (Å²) < 4.78 is 16.0. The van der Waals surface area contributed by atoms with Crippen LogP contribution >= 0.6 is 15.9 Å². The third-order valence-corrected chi connectivity index (χ3v) is 3.76. The molecule has 0 aliphatic carbocycles. The van der Waals surface area contributed by atoms with Crippen molar-refractivity contribution in [2.75, 3.05) is 25.1 Å². The molecule has 0 atom stereocenters. The lowest BCUT2D eigenvalue weighted by Gasteiger charge is -2.09. The third kappa shape index (κ3) is 6.54. The normalized spacial score (nSPS) is 10.1. The van der Waals surface area contributed by atoms with Gasteiger partial charge in [0.25, 0.3) is 11.6 Å². The van der Waals surface area contributed by atoms with Gasteiger partial charge in [0, 0.05) is 4.47 Å². The predicted octanol–water partition coefficient (Wildman–Crippen LogP) is 3.32. The number of anilines is 1. The molecule has 148 valence electrons. The summed E-state index contributed by atoms with van der Waals surface area (Å²) in [7, 11) is 0. The van der Waals surface area contributed by atoms with E-state index in [4.69, 9.17) is 14.2 Å². The molecule has 9 nitrogen and oxygen atoms in total. The fraction of sp³-hybridized carbons (Fsp3) is 0.222. The number of hydrogen-bond donors (Lipinski definition) is 1. The van der Waals surface area contributed by atoms with Crippen molar-refractivity contribution in [2.45, 2.75) is 6.92 Å². The van der Waals surface area contributed by atoms with E-state index >= 15 is 0 Å². The fourth-order valence-electron chi connectivity index (χ4n) is 2.10. The standard InChI is InChI=1S/C18H17BrN2O7/c1-2-26-14-6-7-15(16(9-14)21(24)25)20-17(22)10-28-18(23)11-27-13-5-3-4-12(19)8-13/h3-9H,2,10-11H2,1H3,(H,20,22). The lowest BCUT2D eigenvalue weighted by Crippen LogP contribution is -2.24. The second-order valence-electron chi connectivity index (χ2n) is 5.32. The van der Waals surface area contributed by atoms with E-state index in [9.17, 15) is 19.7 Å². The van der Waals surface area contributed by atoms with Crippen LogP contribution < -0.4 is 14.8 Å². The highest BCUT2D eigenvalue weighted by Gasteiger charge is 2.18. The van der Waals surface area contributed by atoms with Crippen molar-refractivity contribution in [1.82, 2.24) is 0 Å². The van der Waals surface area contributed by atoms with E-state index in [0.717, 1.165) is 4.47 Å². The molecule has 0 aliphatic heterocycles. The van der Waals surface area contributed by atoms with Gasteiger partial charge < -0.3 is 19.5 Å². The zero-order valence-electron chi connectivity index (χ0n) is 14.8. The van der Waals surface area contributed by atoms with E-state index in [1.807, 2.05) is 0 Å². The van der Waals surface area contributed by atoms with Gasteiger partial charge in [-0.05, 0) is 37.3 Å². The van der Waals surface area contributed by atoms with Crippen molar-refractivity contribution in [3.8, 4) is 11.5 Å². The van der Waals surface area contributed by atoms with E-state index in [1.165, 1.54) is 18.2 Å². The first-order valence-electron chi connectivity index (χ1n) is 8.14. The number of benzene rings is 2. The molecule has 1 N–H and O–H groups in total. The number of nitrogens with zero attached hydrogens (tertiary/aromatic N) is 1. The Morgan fingerprint density at radius 3 is 2.54 bits per heavy atom. The van der Waals surface area contributed by atoms with Crippen LogP contribution in [0.25, 0.3) is 0 Å². The Morgan fingerprint density at radius 1 is 1.11 bits per heavy atom. The maximum absolute atomic E-state index is 11.9.